The van der Waals surface area contributed by atoms with Crippen molar-refractivity contribution in [2.75, 3.05) is 0 Å². The fourth-order valence-corrected chi connectivity index (χ4v) is 6.81. The molecule has 0 atom stereocenters. The lowest BCUT2D eigenvalue weighted by Crippen LogP contribution is -2.01. The predicted molar refractivity (Wildman–Crippen MR) is 192 cm³/mol. The zero-order valence-corrected chi connectivity index (χ0v) is 25.1. The Morgan fingerprint density at radius 1 is 0.348 bits per heavy atom. The van der Waals surface area contributed by atoms with Gasteiger partial charge in [0.15, 0.2) is 0 Å². The monoisotopic (exact) mass is 587 g/mol. The summed E-state index contributed by atoms with van der Waals surface area (Å²) in [6.07, 6.45) is 0. The Labute approximate surface area is 267 Å². The molecular formula is C43H29N3. The maximum Gasteiger partial charge on any atom is 0.131 e. The highest BCUT2D eigenvalue weighted by Gasteiger charge is 2.21. The van der Waals surface area contributed by atoms with E-state index in [0.29, 0.717) is 0 Å². The molecular weight excluding hydrogens is 558 g/mol. The van der Waals surface area contributed by atoms with E-state index in [0.717, 1.165) is 45.0 Å². The summed E-state index contributed by atoms with van der Waals surface area (Å²) < 4.78 is 4.82. The van der Waals surface area contributed by atoms with Gasteiger partial charge in [-0.3, -0.25) is 9.13 Å². The van der Waals surface area contributed by atoms with Crippen molar-refractivity contribution in [2.24, 2.45) is 0 Å². The van der Waals surface area contributed by atoms with Gasteiger partial charge in [-0.25, -0.2) is 4.98 Å². The molecule has 0 saturated heterocycles. The fraction of sp³-hybridized carbons (Fsp3) is 0. The van der Waals surface area contributed by atoms with Crippen molar-refractivity contribution in [2.45, 2.75) is 0 Å². The molecule has 0 bridgehead atoms. The third-order valence-corrected chi connectivity index (χ3v) is 8.91. The van der Waals surface area contributed by atoms with E-state index in [4.69, 9.17) is 4.98 Å². The van der Waals surface area contributed by atoms with Crippen LogP contribution in [0.1, 0.15) is 0 Å². The number of hydrogen-bond acceptors (Lipinski definition) is 1. The van der Waals surface area contributed by atoms with E-state index in [9.17, 15) is 0 Å². The quantitative estimate of drug-likeness (QED) is 0.196. The standard InChI is InChI=1S/C43H29N3/c1-4-14-31(15-5-1)38-28-33(29-39(44-38)32-16-6-2-7-17-32)30-24-26-35(27-25-30)46-41-23-13-11-21-37(41)42-36-20-10-12-22-40(36)45(43(42)46)34-18-8-3-9-19-34/h1-29H. The van der Waals surface area contributed by atoms with Crippen molar-refractivity contribution in [1.29, 1.82) is 0 Å². The topological polar surface area (TPSA) is 22.8 Å². The average molecular weight is 588 g/mol. The van der Waals surface area contributed by atoms with Gasteiger partial charge < -0.3 is 0 Å². The molecule has 0 aliphatic rings. The number of benzene rings is 6. The van der Waals surface area contributed by atoms with E-state index in [2.05, 4.69) is 173 Å². The first-order valence-corrected chi connectivity index (χ1v) is 15.7. The van der Waals surface area contributed by atoms with Gasteiger partial charge in [-0.2, -0.15) is 0 Å². The SMILES string of the molecule is c1ccc(-c2cc(-c3ccc(-n4c5ccccc5c5c6ccccc6n(-c6ccccc6)c54)cc3)cc(-c3ccccc3)n2)cc1. The van der Waals surface area contributed by atoms with Crippen LogP contribution in [-0.4, -0.2) is 14.1 Å². The van der Waals surface area contributed by atoms with Gasteiger partial charge in [-0.05, 0) is 59.7 Å². The third kappa shape index (κ3) is 4.25. The van der Waals surface area contributed by atoms with Crippen LogP contribution >= 0.6 is 0 Å². The number of nitrogens with zero attached hydrogens (tertiary/aromatic N) is 3. The first-order valence-electron chi connectivity index (χ1n) is 15.7. The van der Waals surface area contributed by atoms with Crippen molar-refractivity contribution in [3.8, 4) is 45.0 Å². The van der Waals surface area contributed by atoms with Gasteiger partial charge in [0.05, 0.1) is 22.4 Å². The molecule has 6 aromatic carbocycles. The van der Waals surface area contributed by atoms with E-state index in [1.54, 1.807) is 0 Å². The zero-order valence-electron chi connectivity index (χ0n) is 25.1. The smallest absolute Gasteiger partial charge is 0.131 e. The van der Waals surface area contributed by atoms with Gasteiger partial charge in [0.25, 0.3) is 0 Å². The fourth-order valence-electron chi connectivity index (χ4n) is 6.81. The summed E-state index contributed by atoms with van der Waals surface area (Å²) in [4.78, 5) is 5.08. The van der Waals surface area contributed by atoms with Crippen LogP contribution in [0.4, 0.5) is 0 Å². The molecule has 0 aliphatic carbocycles. The molecule has 46 heavy (non-hydrogen) atoms. The van der Waals surface area contributed by atoms with E-state index in [1.807, 2.05) is 12.1 Å². The molecule has 9 rings (SSSR count). The lowest BCUT2D eigenvalue weighted by Gasteiger charge is -2.14. The summed E-state index contributed by atoms with van der Waals surface area (Å²) >= 11 is 0. The Balaban J connectivity index is 1.25. The minimum Gasteiger partial charge on any atom is -0.295 e. The number of para-hydroxylation sites is 3. The lowest BCUT2D eigenvalue weighted by atomic mass is 10.00. The predicted octanol–water partition coefficient (Wildman–Crippen LogP) is 11.1. The highest BCUT2D eigenvalue weighted by molar-refractivity contribution is 6.22. The summed E-state index contributed by atoms with van der Waals surface area (Å²) in [5.41, 5.74) is 12.3. The third-order valence-electron chi connectivity index (χ3n) is 8.91. The van der Waals surface area contributed by atoms with E-state index in [1.165, 1.54) is 32.8 Å². The van der Waals surface area contributed by atoms with Crippen LogP contribution in [0, 0.1) is 0 Å². The molecule has 0 aliphatic heterocycles. The molecule has 0 unspecified atom stereocenters. The molecule has 3 heteroatoms. The molecule has 0 fully saturated rings. The normalized spacial score (nSPS) is 11.5. The van der Waals surface area contributed by atoms with Crippen LogP contribution in [0.25, 0.3) is 77.9 Å². The maximum atomic E-state index is 5.08. The highest BCUT2D eigenvalue weighted by Crippen LogP contribution is 2.41. The van der Waals surface area contributed by atoms with Gasteiger partial charge in [-0.1, -0.05) is 127 Å². The molecule has 0 radical (unpaired) electrons. The minimum absolute atomic E-state index is 0.964. The highest BCUT2D eigenvalue weighted by atomic mass is 15.1. The Bertz CT molecular complexity index is 2430. The Kier molecular flexibility index (Phi) is 6.14. The lowest BCUT2D eigenvalue weighted by molar-refractivity contribution is 1.07. The molecule has 3 heterocycles. The van der Waals surface area contributed by atoms with Crippen molar-refractivity contribution in [3.63, 3.8) is 0 Å². The summed E-state index contributed by atoms with van der Waals surface area (Å²) in [5, 5.41) is 3.78. The maximum absolute atomic E-state index is 5.08. The molecule has 216 valence electrons. The van der Waals surface area contributed by atoms with Gasteiger partial charge in [0, 0.05) is 38.7 Å². The van der Waals surface area contributed by atoms with Crippen molar-refractivity contribution >= 4 is 32.8 Å². The average Bonchev–Trinajstić information content (AvgIpc) is 3.65. The summed E-state index contributed by atoms with van der Waals surface area (Å²) in [6, 6.07) is 62.4. The Hall–Kier alpha value is -6.19. The summed E-state index contributed by atoms with van der Waals surface area (Å²) in [7, 11) is 0. The number of pyridine rings is 1. The van der Waals surface area contributed by atoms with E-state index in [-0.39, 0.29) is 0 Å². The van der Waals surface area contributed by atoms with Crippen LogP contribution in [0.15, 0.2) is 176 Å². The number of rotatable bonds is 5. The van der Waals surface area contributed by atoms with Crippen LogP contribution in [0.3, 0.4) is 0 Å². The van der Waals surface area contributed by atoms with Crippen LogP contribution in [0.5, 0.6) is 0 Å². The molecule has 3 aromatic heterocycles. The molecule has 0 amide bonds. The van der Waals surface area contributed by atoms with E-state index < -0.39 is 0 Å². The van der Waals surface area contributed by atoms with Crippen LogP contribution in [-0.2, 0) is 0 Å². The van der Waals surface area contributed by atoms with Gasteiger partial charge >= 0.3 is 0 Å². The first kappa shape index (κ1) is 26.2. The van der Waals surface area contributed by atoms with Crippen molar-refractivity contribution in [3.05, 3.63) is 176 Å². The van der Waals surface area contributed by atoms with Crippen molar-refractivity contribution < 1.29 is 0 Å². The second-order valence-electron chi connectivity index (χ2n) is 11.6. The van der Waals surface area contributed by atoms with Crippen LogP contribution in [0.2, 0.25) is 0 Å². The zero-order chi connectivity index (χ0) is 30.5. The van der Waals surface area contributed by atoms with Gasteiger partial charge in [-0.15, -0.1) is 0 Å². The molecule has 3 nitrogen and oxygen atoms in total. The minimum atomic E-state index is 0.964. The first-order chi connectivity index (χ1) is 22.8. The Morgan fingerprint density at radius 3 is 1.30 bits per heavy atom. The molecule has 0 N–H and O–H groups in total. The summed E-state index contributed by atoms with van der Waals surface area (Å²) in [5.74, 6) is 0. The largest absolute Gasteiger partial charge is 0.295 e. The Morgan fingerprint density at radius 2 is 0.783 bits per heavy atom. The summed E-state index contributed by atoms with van der Waals surface area (Å²) in [6.45, 7) is 0. The molecule has 0 saturated carbocycles. The molecule has 9 aromatic rings. The van der Waals surface area contributed by atoms with Crippen molar-refractivity contribution in [1.82, 2.24) is 14.1 Å². The second-order valence-corrected chi connectivity index (χ2v) is 11.6. The number of hydrogen-bond donors (Lipinski definition) is 0. The van der Waals surface area contributed by atoms with Gasteiger partial charge in [0.2, 0.25) is 0 Å². The van der Waals surface area contributed by atoms with Gasteiger partial charge in [0.1, 0.15) is 5.65 Å². The number of aromatic nitrogens is 3. The molecule has 0 spiro atoms. The van der Waals surface area contributed by atoms with E-state index >= 15 is 0 Å². The number of fused-ring (bicyclic) bond motifs is 5. The second kappa shape index (κ2) is 10.8. The van der Waals surface area contributed by atoms with Crippen LogP contribution < -0.4 is 0 Å².